The highest BCUT2D eigenvalue weighted by Gasteiger charge is 1.91. The Labute approximate surface area is 74.6 Å². The van der Waals surface area contributed by atoms with Gasteiger partial charge in [-0.3, -0.25) is 0 Å². The van der Waals surface area contributed by atoms with E-state index in [-0.39, 0.29) is 0 Å². The molecule has 0 saturated carbocycles. The van der Waals surface area contributed by atoms with Gasteiger partial charge in [0.15, 0.2) is 0 Å². The van der Waals surface area contributed by atoms with Crippen molar-refractivity contribution < 1.29 is 9.22 Å². The molecule has 0 unspecified atom stereocenters. The third-order valence-corrected chi connectivity index (χ3v) is 2.74. The van der Waals surface area contributed by atoms with E-state index in [0.717, 1.165) is 12.2 Å². The Morgan fingerprint density at radius 1 is 1.27 bits per heavy atom. The summed E-state index contributed by atoms with van der Waals surface area (Å²) in [7, 11) is 1.66. The summed E-state index contributed by atoms with van der Waals surface area (Å²) < 4.78 is 4.72. The van der Waals surface area contributed by atoms with Gasteiger partial charge >= 0.3 is 0 Å². The van der Waals surface area contributed by atoms with E-state index in [2.05, 4.69) is 11.0 Å². The van der Waals surface area contributed by atoms with Gasteiger partial charge in [-0.25, -0.2) is 0 Å². The molecule has 0 bridgehead atoms. The molecule has 1 aliphatic rings. The average Bonchev–Trinajstić information content (AvgIpc) is 2.08. The lowest BCUT2D eigenvalue weighted by Gasteiger charge is -1.96. The van der Waals surface area contributed by atoms with Crippen molar-refractivity contribution >= 4 is 21.9 Å². The molecular formula is C7H10O2S2. The average molecular weight is 190 g/mol. The molecule has 0 aromatic heterocycles. The summed E-state index contributed by atoms with van der Waals surface area (Å²) in [4.78, 5) is 4.68. The quantitative estimate of drug-likeness (QED) is 0.332. The van der Waals surface area contributed by atoms with Crippen molar-refractivity contribution in [3.8, 4) is 0 Å². The minimum atomic E-state index is 1.10. The highest BCUT2D eigenvalue weighted by Crippen LogP contribution is 2.24. The summed E-state index contributed by atoms with van der Waals surface area (Å²) in [5, 5.41) is 0. The lowest BCUT2D eigenvalue weighted by molar-refractivity contribution is -0.127. The summed E-state index contributed by atoms with van der Waals surface area (Å²) in [5.74, 6) is 1.10. The van der Waals surface area contributed by atoms with E-state index in [9.17, 15) is 0 Å². The van der Waals surface area contributed by atoms with Gasteiger partial charge in [0, 0.05) is 5.75 Å². The summed E-state index contributed by atoms with van der Waals surface area (Å²) in [6, 6.07) is 0. The Bertz CT molecular complexity index is 129. The maximum absolute atomic E-state index is 4.72. The molecule has 1 rings (SSSR count). The number of hydrogen-bond donors (Lipinski definition) is 0. The van der Waals surface area contributed by atoms with Crippen molar-refractivity contribution in [1.29, 1.82) is 0 Å². The maximum Gasteiger partial charge on any atom is 0.130 e. The van der Waals surface area contributed by atoms with Gasteiger partial charge in [-0.05, 0) is 18.9 Å². The van der Waals surface area contributed by atoms with Crippen molar-refractivity contribution in [1.82, 2.24) is 0 Å². The summed E-state index contributed by atoms with van der Waals surface area (Å²) >= 11 is 1.28. The fraction of sp³-hybridized carbons (Fsp3) is 0.429. The van der Waals surface area contributed by atoms with E-state index >= 15 is 0 Å². The Kier molecular flexibility index (Phi) is 5.45. The first-order chi connectivity index (χ1) is 5.50. The molecule has 0 spiro atoms. The Morgan fingerprint density at radius 2 is 2.27 bits per heavy atom. The number of allylic oxidation sites excluding steroid dienone is 3. The fourth-order valence-electron chi connectivity index (χ4n) is 0.605. The minimum absolute atomic E-state index is 1.10. The SMILES string of the molecule is C1=C\CCCSSOO\C=C/1. The van der Waals surface area contributed by atoms with E-state index in [4.69, 9.17) is 4.33 Å². The van der Waals surface area contributed by atoms with Crippen LogP contribution in [0.2, 0.25) is 0 Å². The second-order valence-electron chi connectivity index (χ2n) is 1.95. The fourth-order valence-corrected chi connectivity index (χ4v) is 1.85. The highest BCUT2D eigenvalue weighted by atomic mass is 33.1. The van der Waals surface area contributed by atoms with Crippen LogP contribution in [0.1, 0.15) is 12.8 Å². The molecule has 1 aliphatic heterocycles. The van der Waals surface area contributed by atoms with E-state index in [1.807, 2.05) is 12.2 Å². The summed E-state index contributed by atoms with van der Waals surface area (Å²) in [6.07, 6.45) is 9.73. The van der Waals surface area contributed by atoms with Gasteiger partial charge in [-0.2, -0.15) is 0 Å². The van der Waals surface area contributed by atoms with E-state index in [1.165, 1.54) is 23.8 Å². The molecule has 0 N–H and O–H groups in total. The molecule has 0 radical (unpaired) electrons. The summed E-state index contributed by atoms with van der Waals surface area (Å²) in [5.41, 5.74) is 0. The van der Waals surface area contributed by atoms with Gasteiger partial charge in [0.2, 0.25) is 0 Å². The van der Waals surface area contributed by atoms with Gasteiger partial charge in [0.05, 0.1) is 0 Å². The molecule has 11 heavy (non-hydrogen) atoms. The molecule has 0 aromatic carbocycles. The van der Waals surface area contributed by atoms with Crippen molar-refractivity contribution in [3.05, 3.63) is 24.5 Å². The number of hydrogen-bond acceptors (Lipinski definition) is 4. The van der Waals surface area contributed by atoms with Crippen LogP contribution >= 0.6 is 21.9 Å². The molecule has 0 fully saturated rings. The molecule has 0 amide bonds. The molecule has 2 nitrogen and oxygen atoms in total. The van der Waals surface area contributed by atoms with E-state index in [0.29, 0.717) is 0 Å². The first-order valence-corrected chi connectivity index (χ1v) is 5.68. The van der Waals surface area contributed by atoms with Crippen LogP contribution in [-0.2, 0) is 9.22 Å². The zero-order chi connectivity index (χ0) is 7.78. The van der Waals surface area contributed by atoms with Gasteiger partial charge in [-0.1, -0.05) is 22.9 Å². The van der Waals surface area contributed by atoms with Crippen LogP contribution < -0.4 is 0 Å². The zero-order valence-electron chi connectivity index (χ0n) is 6.06. The van der Waals surface area contributed by atoms with Crippen LogP contribution in [0.15, 0.2) is 24.5 Å². The van der Waals surface area contributed by atoms with Crippen molar-refractivity contribution in [2.75, 3.05) is 5.75 Å². The molecule has 0 aromatic rings. The number of rotatable bonds is 0. The monoisotopic (exact) mass is 190 g/mol. The Hall–Kier alpha value is -0.0600. The van der Waals surface area contributed by atoms with Gasteiger partial charge < -0.3 is 4.89 Å². The lowest BCUT2D eigenvalue weighted by Crippen LogP contribution is -1.75. The van der Waals surface area contributed by atoms with Crippen LogP contribution in [0.25, 0.3) is 0 Å². The van der Waals surface area contributed by atoms with Crippen LogP contribution in [0.3, 0.4) is 0 Å². The maximum atomic E-state index is 4.72. The van der Waals surface area contributed by atoms with Crippen molar-refractivity contribution in [3.63, 3.8) is 0 Å². The van der Waals surface area contributed by atoms with Crippen LogP contribution in [0.5, 0.6) is 0 Å². The molecular weight excluding hydrogens is 180 g/mol. The molecule has 0 saturated heterocycles. The second-order valence-corrected chi connectivity index (χ2v) is 3.98. The Morgan fingerprint density at radius 3 is 3.27 bits per heavy atom. The first-order valence-electron chi connectivity index (χ1n) is 3.43. The minimum Gasteiger partial charge on any atom is -0.332 e. The second kappa shape index (κ2) is 6.64. The Balaban J connectivity index is 2.22. The summed E-state index contributed by atoms with van der Waals surface area (Å²) in [6.45, 7) is 0. The lowest BCUT2D eigenvalue weighted by atomic mass is 10.3. The molecule has 62 valence electrons. The van der Waals surface area contributed by atoms with E-state index < -0.39 is 0 Å². The van der Waals surface area contributed by atoms with Crippen molar-refractivity contribution in [2.24, 2.45) is 0 Å². The molecule has 1 heterocycles. The van der Waals surface area contributed by atoms with Gasteiger partial charge in [0.1, 0.15) is 17.3 Å². The van der Waals surface area contributed by atoms with Crippen LogP contribution in [0.4, 0.5) is 0 Å². The predicted molar refractivity (Wildman–Crippen MR) is 49.7 cm³/mol. The predicted octanol–water partition coefficient (Wildman–Crippen LogP) is 3.09. The topological polar surface area (TPSA) is 18.5 Å². The van der Waals surface area contributed by atoms with Crippen molar-refractivity contribution in [2.45, 2.75) is 12.8 Å². The largest absolute Gasteiger partial charge is 0.332 e. The third-order valence-electron chi connectivity index (χ3n) is 1.09. The van der Waals surface area contributed by atoms with Gasteiger partial charge in [-0.15, -0.1) is 4.33 Å². The molecule has 0 aliphatic carbocycles. The van der Waals surface area contributed by atoms with Crippen LogP contribution in [0, 0.1) is 0 Å². The smallest absolute Gasteiger partial charge is 0.130 e. The zero-order valence-corrected chi connectivity index (χ0v) is 7.70. The third kappa shape index (κ3) is 5.24. The molecule has 4 heteroatoms. The van der Waals surface area contributed by atoms with Crippen LogP contribution in [-0.4, -0.2) is 5.75 Å². The first kappa shape index (κ1) is 9.03. The van der Waals surface area contributed by atoms with Gasteiger partial charge in [0.25, 0.3) is 0 Å². The van der Waals surface area contributed by atoms with E-state index in [1.54, 1.807) is 10.8 Å². The standard InChI is InChI=1S/C7H10O2S2/c1-2-4-6-8-9-11-10-7-5-3-1/h1-2,4,6H,3,5,7H2/b2-1-,6-4-. The highest BCUT2D eigenvalue weighted by molar-refractivity contribution is 8.74. The molecule has 0 atom stereocenters. The normalized spacial score (nSPS) is 26.2.